The maximum absolute atomic E-state index is 13.1. The lowest BCUT2D eigenvalue weighted by Crippen LogP contribution is -2.27. The van der Waals surface area contributed by atoms with Gasteiger partial charge in [-0.3, -0.25) is 4.79 Å². The van der Waals surface area contributed by atoms with Gasteiger partial charge in [-0.2, -0.15) is 4.68 Å². The summed E-state index contributed by atoms with van der Waals surface area (Å²) in [5.74, 6) is 0.154. The summed E-state index contributed by atoms with van der Waals surface area (Å²) in [5.41, 5.74) is 1.71. The van der Waals surface area contributed by atoms with E-state index in [0.29, 0.717) is 11.6 Å². The molecule has 0 radical (unpaired) electrons. The van der Waals surface area contributed by atoms with Crippen LogP contribution in [-0.2, 0) is 11.3 Å². The Balaban J connectivity index is 1.65. The molecule has 144 valence electrons. The normalized spacial score (nSPS) is 11.4. The summed E-state index contributed by atoms with van der Waals surface area (Å²) in [5, 5.41) is 14.6. The highest BCUT2D eigenvalue weighted by Gasteiger charge is 2.19. The van der Waals surface area contributed by atoms with Crippen LogP contribution in [0, 0.1) is 5.82 Å². The summed E-state index contributed by atoms with van der Waals surface area (Å²) in [7, 11) is 0. The summed E-state index contributed by atoms with van der Waals surface area (Å²) in [4.78, 5) is 13.0. The second-order valence-corrected chi connectivity index (χ2v) is 6.13. The van der Waals surface area contributed by atoms with E-state index in [2.05, 4.69) is 20.8 Å². The van der Waals surface area contributed by atoms with Crippen LogP contribution in [0.5, 0.6) is 0 Å². The molecule has 1 amide bonds. The second-order valence-electron chi connectivity index (χ2n) is 6.13. The zero-order chi connectivity index (χ0) is 20.1. The summed E-state index contributed by atoms with van der Waals surface area (Å²) >= 11 is 0. The first-order valence-electron chi connectivity index (χ1n) is 8.83. The predicted molar refractivity (Wildman–Crippen MR) is 104 cm³/mol. The van der Waals surface area contributed by atoms with Gasteiger partial charge in [-0.25, -0.2) is 4.39 Å². The molecule has 2 heterocycles. The standard InChI is InChI=1S/C21H16FN5O2/c22-17-10-8-15(9-11-17)14-23-21(28)19(13-18-7-4-12-29-18)27-20(24-25-26-27)16-5-2-1-3-6-16/h1-13H,14H2,(H,23,28)/b19-13-. The lowest BCUT2D eigenvalue weighted by atomic mass is 10.2. The number of aromatic nitrogens is 4. The monoisotopic (exact) mass is 389 g/mol. The van der Waals surface area contributed by atoms with Crippen LogP contribution in [0.15, 0.2) is 77.4 Å². The number of nitrogens with one attached hydrogen (secondary N) is 1. The van der Waals surface area contributed by atoms with Crippen molar-refractivity contribution < 1.29 is 13.6 Å². The van der Waals surface area contributed by atoms with Crippen LogP contribution in [0.1, 0.15) is 11.3 Å². The minimum atomic E-state index is -0.407. The molecule has 0 unspecified atom stereocenters. The van der Waals surface area contributed by atoms with E-state index in [0.717, 1.165) is 11.1 Å². The van der Waals surface area contributed by atoms with Crippen molar-refractivity contribution in [2.24, 2.45) is 0 Å². The number of benzene rings is 2. The van der Waals surface area contributed by atoms with Crippen LogP contribution in [0.25, 0.3) is 23.2 Å². The molecule has 4 aromatic rings. The summed E-state index contributed by atoms with van der Waals surface area (Å²) < 4.78 is 19.8. The first-order chi connectivity index (χ1) is 14.2. The van der Waals surface area contributed by atoms with Gasteiger partial charge in [-0.1, -0.05) is 42.5 Å². The molecular formula is C21H16FN5O2. The van der Waals surface area contributed by atoms with E-state index in [1.54, 1.807) is 30.3 Å². The third kappa shape index (κ3) is 4.27. The fourth-order valence-corrected chi connectivity index (χ4v) is 2.72. The molecule has 4 rings (SSSR count). The molecule has 29 heavy (non-hydrogen) atoms. The van der Waals surface area contributed by atoms with Crippen LogP contribution >= 0.6 is 0 Å². The number of carbonyl (C=O) groups excluding carboxylic acids is 1. The summed E-state index contributed by atoms with van der Waals surface area (Å²) in [6, 6.07) is 18.6. The van der Waals surface area contributed by atoms with Crippen molar-refractivity contribution >= 4 is 17.7 Å². The molecule has 2 aromatic heterocycles. The lowest BCUT2D eigenvalue weighted by Gasteiger charge is -2.10. The molecular weight excluding hydrogens is 373 g/mol. The predicted octanol–water partition coefficient (Wildman–Crippen LogP) is 3.39. The minimum Gasteiger partial charge on any atom is -0.465 e. The van der Waals surface area contributed by atoms with Crippen molar-refractivity contribution in [3.63, 3.8) is 0 Å². The van der Waals surface area contributed by atoms with Crippen LogP contribution < -0.4 is 5.32 Å². The maximum atomic E-state index is 13.1. The molecule has 0 saturated carbocycles. The van der Waals surface area contributed by atoms with E-state index in [-0.39, 0.29) is 18.1 Å². The van der Waals surface area contributed by atoms with Crippen molar-refractivity contribution in [2.75, 3.05) is 0 Å². The number of furan rings is 1. The van der Waals surface area contributed by atoms with Crippen LogP contribution in [0.3, 0.4) is 0 Å². The molecule has 0 aliphatic heterocycles. The number of tetrazole rings is 1. The largest absolute Gasteiger partial charge is 0.465 e. The van der Waals surface area contributed by atoms with E-state index < -0.39 is 5.91 Å². The van der Waals surface area contributed by atoms with Crippen molar-refractivity contribution in [2.45, 2.75) is 6.54 Å². The van der Waals surface area contributed by atoms with Gasteiger partial charge in [0.05, 0.1) is 6.26 Å². The lowest BCUT2D eigenvalue weighted by molar-refractivity contribution is -0.116. The van der Waals surface area contributed by atoms with E-state index >= 15 is 0 Å². The molecule has 0 bridgehead atoms. The topological polar surface area (TPSA) is 85.8 Å². The van der Waals surface area contributed by atoms with Gasteiger partial charge >= 0.3 is 0 Å². The number of halogens is 1. The zero-order valence-electron chi connectivity index (χ0n) is 15.2. The van der Waals surface area contributed by atoms with Gasteiger partial charge in [-0.05, 0) is 40.3 Å². The molecule has 0 fully saturated rings. The number of amides is 1. The smallest absolute Gasteiger partial charge is 0.270 e. The van der Waals surface area contributed by atoms with Crippen molar-refractivity contribution in [1.82, 2.24) is 25.5 Å². The molecule has 0 aliphatic carbocycles. The van der Waals surface area contributed by atoms with Gasteiger partial charge < -0.3 is 9.73 Å². The average molecular weight is 389 g/mol. The van der Waals surface area contributed by atoms with Crippen molar-refractivity contribution in [3.8, 4) is 11.4 Å². The molecule has 2 aromatic carbocycles. The van der Waals surface area contributed by atoms with E-state index in [4.69, 9.17) is 4.42 Å². The van der Waals surface area contributed by atoms with E-state index in [1.807, 2.05) is 30.3 Å². The first-order valence-corrected chi connectivity index (χ1v) is 8.83. The molecule has 0 atom stereocenters. The zero-order valence-corrected chi connectivity index (χ0v) is 15.2. The number of nitrogens with zero attached hydrogens (tertiary/aromatic N) is 4. The van der Waals surface area contributed by atoms with Crippen LogP contribution in [0.4, 0.5) is 4.39 Å². The maximum Gasteiger partial charge on any atom is 0.270 e. The molecule has 8 heteroatoms. The Bertz CT molecular complexity index is 1120. The van der Waals surface area contributed by atoms with E-state index in [1.165, 1.54) is 23.1 Å². The minimum absolute atomic E-state index is 0.186. The molecule has 0 aliphatic rings. The Morgan fingerprint density at radius 2 is 1.86 bits per heavy atom. The Labute approximate surface area is 165 Å². The average Bonchev–Trinajstić information content (AvgIpc) is 3.44. The summed E-state index contributed by atoms with van der Waals surface area (Å²) in [6.45, 7) is 0.220. The van der Waals surface area contributed by atoms with Gasteiger partial charge in [0, 0.05) is 18.2 Å². The van der Waals surface area contributed by atoms with Gasteiger partial charge in [0.2, 0.25) is 0 Å². The number of carbonyl (C=O) groups is 1. The first kappa shape index (κ1) is 18.3. The Kier molecular flexibility index (Phi) is 5.24. The fourth-order valence-electron chi connectivity index (χ4n) is 2.72. The van der Waals surface area contributed by atoms with E-state index in [9.17, 15) is 9.18 Å². The third-order valence-corrected chi connectivity index (χ3v) is 4.15. The van der Waals surface area contributed by atoms with Gasteiger partial charge in [0.15, 0.2) is 5.82 Å². The highest BCUT2D eigenvalue weighted by Crippen LogP contribution is 2.20. The third-order valence-electron chi connectivity index (χ3n) is 4.15. The Hall–Kier alpha value is -4.07. The molecule has 1 N–H and O–H groups in total. The molecule has 0 spiro atoms. The SMILES string of the molecule is O=C(NCc1ccc(F)cc1)/C(=C/c1ccco1)n1nnnc1-c1ccccc1. The second kappa shape index (κ2) is 8.30. The molecule has 0 saturated heterocycles. The Morgan fingerprint density at radius 1 is 1.07 bits per heavy atom. The van der Waals surface area contributed by atoms with Gasteiger partial charge in [0.25, 0.3) is 5.91 Å². The van der Waals surface area contributed by atoms with Crippen molar-refractivity contribution in [1.29, 1.82) is 0 Å². The van der Waals surface area contributed by atoms with Crippen molar-refractivity contribution in [3.05, 3.63) is 90.1 Å². The van der Waals surface area contributed by atoms with Gasteiger partial charge in [-0.15, -0.1) is 5.10 Å². The van der Waals surface area contributed by atoms with Gasteiger partial charge in [0.1, 0.15) is 17.3 Å². The van der Waals surface area contributed by atoms with Crippen LogP contribution in [0.2, 0.25) is 0 Å². The highest BCUT2D eigenvalue weighted by atomic mass is 19.1. The highest BCUT2D eigenvalue weighted by molar-refractivity contribution is 6.18. The fraction of sp³-hybridized carbons (Fsp3) is 0.0476. The number of rotatable bonds is 6. The van der Waals surface area contributed by atoms with Crippen LogP contribution in [-0.4, -0.2) is 26.1 Å². The quantitative estimate of drug-likeness (QED) is 0.511. The molecule has 7 nitrogen and oxygen atoms in total. The summed E-state index contributed by atoms with van der Waals surface area (Å²) in [6.07, 6.45) is 3.07. The number of hydrogen-bond acceptors (Lipinski definition) is 5. The number of hydrogen-bond donors (Lipinski definition) is 1. The Morgan fingerprint density at radius 3 is 2.59 bits per heavy atom.